The zero-order valence-corrected chi connectivity index (χ0v) is 11.1. The van der Waals surface area contributed by atoms with Gasteiger partial charge in [0.05, 0.1) is 6.42 Å². The van der Waals surface area contributed by atoms with Gasteiger partial charge in [0.1, 0.15) is 6.10 Å². The highest BCUT2D eigenvalue weighted by molar-refractivity contribution is 6.00. The van der Waals surface area contributed by atoms with E-state index < -0.39 is 18.2 Å². The molecule has 0 saturated carbocycles. The monoisotopic (exact) mass is 290 g/mol. The smallest absolute Gasteiger partial charge is 0.332 e. The predicted octanol–water partition coefficient (Wildman–Crippen LogP) is 0.752. The van der Waals surface area contributed by atoms with Crippen molar-refractivity contribution in [1.29, 1.82) is 0 Å². The molecule has 7 heteroatoms. The molecule has 7 nitrogen and oxygen atoms in total. The lowest BCUT2D eigenvalue weighted by Crippen LogP contribution is -2.29. The van der Waals surface area contributed by atoms with Crippen molar-refractivity contribution in [2.24, 2.45) is 0 Å². The van der Waals surface area contributed by atoms with Gasteiger partial charge in [0.2, 0.25) is 5.91 Å². The predicted molar refractivity (Wildman–Crippen MR) is 72.9 cm³/mol. The van der Waals surface area contributed by atoms with Crippen molar-refractivity contribution < 1.29 is 24.2 Å². The minimum absolute atomic E-state index is 0.0723. The van der Waals surface area contributed by atoms with Crippen LogP contribution in [0.4, 0.5) is 11.4 Å². The van der Waals surface area contributed by atoms with Crippen LogP contribution in [-0.4, -0.2) is 35.1 Å². The summed E-state index contributed by atoms with van der Waals surface area (Å²) in [6.07, 6.45) is -0.661. The van der Waals surface area contributed by atoms with Gasteiger partial charge in [-0.3, -0.25) is 9.59 Å². The molecule has 3 N–H and O–H groups in total. The maximum Gasteiger partial charge on any atom is 0.332 e. The third kappa shape index (κ3) is 2.73. The molecule has 0 aromatic heterocycles. The summed E-state index contributed by atoms with van der Waals surface area (Å²) in [6, 6.07) is 5.14. The Bertz CT molecular complexity index is 628. The van der Waals surface area contributed by atoms with E-state index in [1.165, 1.54) is 0 Å². The zero-order chi connectivity index (χ0) is 15.0. The normalized spacial score (nSPS) is 23.5. The summed E-state index contributed by atoms with van der Waals surface area (Å²) in [6.45, 7) is 0. The fourth-order valence-electron chi connectivity index (χ4n) is 2.54. The Morgan fingerprint density at radius 2 is 2.05 bits per heavy atom. The number of aliphatic carboxylic acids is 1. The van der Waals surface area contributed by atoms with Crippen molar-refractivity contribution in [3.8, 4) is 0 Å². The molecule has 0 bridgehead atoms. The number of rotatable bonds is 3. The number of carbonyl (C=O) groups is 3. The van der Waals surface area contributed by atoms with Gasteiger partial charge in [-0.05, 0) is 36.6 Å². The summed E-state index contributed by atoms with van der Waals surface area (Å²) in [5.74, 6) is -1.49. The van der Waals surface area contributed by atoms with Crippen LogP contribution in [0.25, 0.3) is 0 Å². The highest BCUT2D eigenvalue weighted by Gasteiger charge is 2.34. The van der Waals surface area contributed by atoms with Crippen LogP contribution in [0.3, 0.4) is 0 Å². The second-order valence-electron chi connectivity index (χ2n) is 5.12. The molecule has 2 aliphatic heterocycles. The lowest BCUT2D eigenvalue weighted by atomic mass is 10.1. The number of anilines is 2. The minimum atomic E-state index is -1.05. The van der Waals surface area contributed by atoms with Crippen molar-refractivity contribution in [2.45, 2.75) is 31.5 Å². The lowest BCUT2D eigenvalue weighted by molar-refractivity contribution is -0.150. The lowest BCUT2D eigenvalue weighted by Gasteiger charge is -2.12. The highest BCUT2D eigenvalue weighted by atomic mass is 16.5. The van der Waals surface area contributed by atoms with Crippen molar-refractivity contribution in [2.75, 3.05) is 10.6 Å². The van der Waals surface area contributed by atoms with Crippen molar-refractivity contribution in [1.82, 2.24) is 0 Å². The van der Waals surface area contributed by atoms with Crippen molar-refractivity contribution in [3.05, 3.63) is 23.8 Å². The van der Waals surface area contributed by atoms with E-state index in [4.69, 9.17) is 9.84 Å². The molecular weight excluding hydrogens is 276 g/mol. The fourth-order valence-corrected chi connectivity index (χ4v) is 2.54. The number of fused-ring (bicyclic) bond motifs is 1. The van der Waals surface area contributed by atoms with Crippen LogP contribution < -0.4 is 10.6 Å². The first-order valence-corrected chi connectivity index (χ1v) is 6.65. The Balaban J connectivity index is 1.65. The molecule has 1 aromatic rings. The first-order valence-electron chi connectivity index (χ1n) is 6.65. The first kappa shape index (κ1) is 13.6. The summed E-state index contributed by atoms with van der Waals surface area (Å²) < 4.78 is 5.19. The van der Waals surface area contributed by atoms with Crippen LogP contribution in [-0.2, 0) is 25.5 Å². The second-order valence-corrected chi connectivity index (χ2v) is 5.12. The molecule has 21 heavy (non-hydrogen) atoms. The van der Waals surface area contributed by atoms with Crippen molar-refractivity contribution >= 4 is 29.2 Å². The third-order valence-corrected chi connectivity index (χ3v) is 3.59. The van der Waals surface area contributed by atoms with Gasteiger partial charge >= 0.3 is 5.97 Å². The van der Waals surface area contributed by atoms with E-state index in [2.05, 4.69) is 10.6 Å². The van der Waals surface area contributed by atoms with Gasteiger partial charge < -0.3 is 20.5 Å². The molecule has 0 radical (unpaired) electrons. The molecule has 2 atom stereocenters. The largest absolute Gasteiger partial charge is 0.479 e. The van der Waals surface area contributed by atoms with Gasteiger partial charge in [0.25, 0.3) is 5.91 Å². The first-order chi connectivity index (χ1) is 10.0. The molecule has 3 rings (SSSR count). The van der Waals surface area contributed by atoms with Crippen LogP contribution in [0.15, 0.2) is 18.2 Å². The topological polar surface area (TPSA) is 105 Å². The number of amides is 2. The van der Waals surface area contributed by atoms with Crippen molar-refractivity contribution in [3.63, 3.8) is 0 Å². The zero-order valence-electron chi connectivity index (χ0n) is 11.1. The molecule has 2 amide bonds. The quantitative estimate of drug-likeness (QED) is 0.762. The van der Waals surface area contributed by atoms with Crippen LogP contribution in [0.5, 0.6) is 0 Å². The average molecular weight is 290 g/mol. The number of carboxylic acids is 1. The molecule has 1 fully saturated rings. The summed E-state index contributed by atoms with van der Waals surface area (Å²) in [4.78, 5) is 34.1. The van der Waals surface area contributed by atoms with E-state index in [1.807, 2.05) is 0 Å². The van der Waals surface area contributed by atoms with Gasteiger partial charge in [-0.15, -0.1) is 0 Å². The standard InChI is InChI=1S/C14H14N2O5/c17-12-6-7-5-8(1-2-9(7)16-12)15-13(18)10-3-4-11(21-10)14(19)20/h1-2,5,10-11H,3-4,6H2,(H,15,18)(H,16,17)(H,19,20)/t10-,11+/m0/s1. The molecule has 110 valence electrons. The average Bonchev–Trinajstić information content (AvgIpc) is 3.03. The maximum atomic E-state index is 12.0. The molecule has 1 aromatic carbocycles. The van der Waals surface area contributed by atoms with E-state index >= 15 is 0 Å². The Morgan fingerprint density at radius 3 is 2.76 bits per heavy atom. The van der Waals surface area contributed by atoms with Gasteiger partial charge in [0.15, 0.2) is 6.10 Å². The van der Waals surface area contributed by atoms with Gasteiger partial charge in [-0.25, -0.2) is 4.79 Å². The summed E-state index contributed by atoms with van der Waals surface area (Å²) >= 11 is 0. The SMILES string of the molecule is O=C1Cc2cc(NC(=O)[C@@H]3CC[C@H](C(=O)O)O3)ccc2N1. The summed E-state index contributed by atoms with van der Waals surface area (Å²) in [5.41, 5.74) is 2.15. The number of hydrogen-bond acceptors (Lipinski definition) is 4. The summed E-state index contributed by atoms with van der Waals surface area (Å²) in [7, 11) is 0. The van der Waals surface area contributed by atoms with Crippen LogP contribution in [0.2, 0.25) is 0 Å². The van der Waals surface area contributed by atoms with Crippen LogP contribution in [0, 0.1) is 0 Å². The molecule has 2 aliphatic rings. The number of carbonyl (C=O) groups excluding carboxylic acids is 2. The Hall–Kier alpha value is -2.41. The molecule has 0 spiro atoms. The Kier molecular flexibility index (Phi) is 3.34. The fraction of sp³-hybridized carbons (Fsp3) is 0.357. The second kappa shape index (κ2) is 5.17. The minimum Gasteiger partial charge on any atom is -0.479 e. The molecule has 0 aliphatic carbocycles. The molecule has 0 unspecified atom stereocenters. The number of carboxylic acid groups (broad SMARTS) is 1. The number of nitrogens with one attached hydrogen (secondary N) is 2. The molecule has 1 saturated heterocycles. The van der Waals surface area contributed by atoms with E-state index in [0.29, 0.717) is 24.9 Å². The highest BCUT2D eigenvalue weighted by Crippen LogP contribution is 2.27. The van der Waals surface area contributed by atoms with E-state index in [-0.39, 0.29) is 11.8 Å². The number of hydrogen-bond donors (Lipinski definition) is 3. The maximum absolute atomic E-state index is 12.0. The molecular formula is C14H14N2O5. The van der Waals surface area contributed by atoms with E-state index in [0.717, 1.165) is 11.3 Å². The van der Waals surface area contributed by atoms with E-state index in [1.54, 1.807) is 18.2 Å². The Labute approximate surface area is 120 Å². The third-order valence-electron chi connectivity index (χ3n) is 3.59. The van der Waals surface area contributed by atoms with Gasteiger partial charge in [-0.1, -0.05) is 0 Å². The van der Waals surface area contributed by atoms with E-state index in [9.17, 15) is 14.4 Å². The molecule has 2 heterocycles. The van der Waals surface area contributed by atoms with Gasteiger partial charge in [0, 0.05) is 11.4 Å². The van der Waals surface area contributed by atoms with Crippen LogP contribution >= 0.6 is 0 Å². The van der Waals surface area contributed by atoms with Gasteiger partial charge in [-0.2, -0.15) is 0 Å². The number of ether oxygens (including phenoxy) is 1. The number of benzene rings is 1. The van der Waals surface area contributed by atoms with Crippen LogP contribution in [0.1, 0.15) is 18.4 Å². The summed E-state index contributed by atoms with van der Waals surface area (Å²) in [5, 5.41) is 14.2. The Morgan fingerprint density at radius 1 is 1.29 bits per heavy atom.